The molecule has 1 N–H and O–H groups in total. The van der Waals surface area contributed by atoms with Crippen molar-refractivity contribution in [3.8, 4) is 0 Å². The number of carbonyl (C=O) groups excluding carboxylic acids is 2. The number of esters is 1. The van der Waals surface area contributed by atoms with E-state index in [0.29, 0.717) is 5.56 Å². The molecule has 0 aliphatic rings. The number of fused-ring (bicyclic) bond motifs is 1. The Kier molecular flexibility index (Phi) is 4.36. The van der Waals surface area contributed by atoms with Crippen LogP contribution in [0.25, 0.3) is 10.9 Å². The molecule has 0 aliphatic heterocycles. The van der Waals surface area contributed by atoms with Gasteiger partial charge >= 0.3 is 5.97 Å². The third-order valence-electron chi connectivity index (χ3n) is 3.67. The van der Waals surface area contributed by atoms with Crippen LogP contribution in [0.5, 0.6) is 0 Å². The molecule has 2 aromatic carbocycles. The quantitative estimate of drug-likeness (QED) is 0.563. The van der Waals surface area contributed by atoms with Crippen LogP contribution < -0.4 is 0 Å². The SMILES string of the molecule is CC(OC(=O)c1c(F)cccc1Cl)C(=O)c1c[nH]c2ccccc12. The van der Waals surface area contributed by atoms with Crippen molar-refractivity contribution < 1.29 is 18.7 Å². The zero-order valence-corrected chi connectivity index (χ0v) is 13.4. The van der Waals surface area contributed by atoms with Crippen molar-refractivity contribution in [2.75, 3.05) is 0 Å². The van der Waals surface area contributed by atoms with E-state index in [9.17, 15) is 14.0 Å². The van der Waals surface area contributed by atoms with E-state index in [2.05, 4.69) is 4.98 Å². The second-order valence-electron chi connectivity index (χ2n) is 5.26. The van der Waals surface area contributed by atoms with E-state index in [1.54, 1.807) is 12.3 Å². The number of benzene rings is 2. The van der Waals surface area contributed by atoms with Crippen molar-refractivity contribution in [1.82, 2.24) is 4.98 Å². The molecule has 6 heteroatoms. The molecule has 0 fully saturated rings. The Balaban J connectivity index is 1.83. The second kappa shape index (κ2) is 6.45. The molecule has 3 rings (SSSR count). The van der Waals surface area contributed by atoms with Gasteiger partial charge in [-0.3, -0.25) is 4.79 Å². The van der Waals surface area contributed by atoms with E-state index in [4.69, 9.17) is 16.3 Å². The average molecular weight is 346 g/mol. The molecule has 3 aromatic rings. The lowest BCUT2D eigenvalue weighted by Gasteiger charge is -2.13. The number of hydrogen-bond acceptors (Lipinski definition) is 3. The number of halogens is 2. The summed E-state index contributed by atoms with van der Waals surface area (Å²) in [4.78, 5) is 27.6. The molecule has 1 heterocycles. The van der Waals surface area contributed by atoms with Crippen LogP contribution in [0, 0.1) is 5.82 Å². The summed E-state index contributed by atoms with van der Waals surface area (Å²) in [6.45, 7) is 1.44. The zero-order chi connectivity index (χ0) is 17.3. The van der Waals surface area contributed by atoms with Crippen LogP contribution >= 0.6 is 11.6 Å². The Bertz CT molecular complexity index is 915. The van der Waals surface area contributed by atoms with Crippen LogP contribution in [0.1, 0.15) is 27.6 Å². The number of ketones is 1. The maximum Gasteiger partial charge on any atom is 0.343 e. The normalized spacial score (nSPS) is 12.1. The van der Waals surface area contributed by atoms with E-state index in [1.165, 1.54) is 19.1 Å². The number of carbonyl (C=O) groups is 2. The fraction of sp³-hybridized carbons (Fsp3) is 0.111. The third kappa shape index (κ3) is 2.90. The fourth-order valence-corrected chi connectivity index (χ4v) is 2.70. The molecule has 0 spiro atoms. The highest BCUT2D eigenvalue weighted by Crippen LogP contribution is 2.23. The Labute approximate surface area is 142 Å². The van der Waals surface area contributed by atoms with Crippen molar-refractivity contribution in [3.63, 3.8) is 0 Å². The molecule has 4 nitrogen and oxygen atoms in total. The predicted molar refractivity (Wildman–Crippen MR) is 88.9 cm³/mol. The average Bonchev–Trinajstić information content (AvgIpc) is 2.97. The van der Waals surface area contributed by atoms with Crippen LogP contribution in [0.15, 0.2) is 48.7 Å². The van der Waals surface area contributed by atoms with Crippen LogP contribution in [0.3, 0.4) is 0 Å². The van der Waals surface area contributed by atoms with E-state index < -0.39 is 17.9 Å². The number of aromatic amines is 1. The Morgan fingerprint density at radius 3 is 2.67 bits per heavy atom. The number of para-hydroxylation sites is 1. The number of Topliss-reactive ketones (excluding diaryl/α,β-unsaturated/α-hetero) is 1. The summed E-state index contributed by atoms with van der Waals surface area (Å²) in [5, 5.41) is 0.668. The number of H-pyrrole nitrogens is 1. The number of ether oxygens (including phenoxy) is 1. The van der Waals surface area contributed by atoms with Crippen LogP contribution in [-0.2, 0) is 4.74 Å². The minimum Gasteiger partial charge on any atom is -0.451 e. The highest BCUT2D eigenvalue weighted by Gasteiger charge is 2.25. The monoisotopic (exact) mass is 345 g/mol. The molecular weight excluding hydrogens is 333 g/mol. The van der Waals surface area contributed by atoms with E-state index >= 15 is 0 Å². The lowest BCUT2D eigenvalue weighted by Crippen LogP contribution is -2.25. The first-order valence-corrected chi connectivity index (χ1v) is 7.62. The molecule has 1 unspecified atom stereocenters. The molecule has 0 bridgehead atoms. The van der Waals surface area contributed by atoms with Crippen molar-refractivity contribution >= 4 is 34.3 Å². The third-order valence-corrected chi connectivity index (χ3v) is 3.99. The van der Waals surface area contributed by atoms with E-state index in [0.717, 1.165) is 17.0 Å². The van der Waals surface area contributed by atoms with Crippen molar-refractivity contribution in [1.29, 1.82) is 0 Å². The number of aromatic nitrogens is 1. The summed E-state index contributed by atoms with van der Waals surface area (Å²) in [5.41, 5.74) is 0.833. The molecule has 0 saturated heterocycles. The highest BCUT2D eigenvalue weighted by atomic mass is 35.5. The topological polar surface area (TPSA) is 59.2 Å². The Morgan fingerprint density at radius 2 is 1.92 bits per heavy atom. The van der Waals surface area contributed by atoms with Gasteiger partial charge in [0.1, 0.15) is 11.4 Å². The van der Waals surface area contributed by atoms with Gasteiger partial charge in [0.2, 0.25) is 5.78 Å². The molecule has 1 aromatic heterocycles. The summed E-state index contributed by atoms with van der Waals surface area (Å²) >= 11 is 5.83. The summed E-state index contributed by atoms with van der Waals surface area (Å²) in [6, 6.07) is 11.2. The van der Waals surface area contributed by atoms with Gasteiger partial charge in [-0.05, 0) is 25.1 Å². The Hall–Kier alpha value is -2.66. The van der Waals surface area contributed by atoms with Gasteiger partial charge < -0.3 is 9.72 Å². The zero-order valence-electron chi connectivity index (χ0n) is 12.7. The minimum atomic E-state index is -1.08. The first kappa shape index (κ1) is 16.2. The fourth-order valence-electron chi connectivity index (χ4n) is 2.46. The number of nitrogens with one attached hydrogen (secondary N) is 1. The van der Waals surface area contributed by atoms with Crippen LogP contribution in [0.4, 0.5) is 4.39 Å². The van der Waals surface area contributed by atoms with Gasteiger partial charge in [0.25, 0.3) is 0 Å². The molecule has 122 valence electrons. The van der Waals surface area contributed by atoms with Gasteiger partial charge in [0.15, 0.2) is 6.10 Å². The maximum atomic E-state index is 13.8. The Morgan fingerprint density at radius 1 is 1.17 bits per heavy atom. The minimum absolute atomic E-state index is 0.0632. The van der Waals surface area contributed by atoms with Gasteiger partial charge in [-0.1, -0.05) is 35.9 Å². The summed E-state index contributed by atoms with van der Waals surface area (Å²) in [6.07, 6.45) is 0.486. The summed E-state index contributed by atoms with van der Waals surface area (Å²) in [5.74, 6) is -2.15. The molecule has 0 saturated carbocycles. The van der Waals surface area contributed by atoms with Gasteiger partial charge in [0, 0.05) is 22.7 Å². The van der Waals surface area contributed by atoms with E-state index in [1.807, 2.05) is 18.2 Å². The smallest absolute Gasteiger partial charge is 0.343 e. The first-order chi connectivity index (χ1) is 11.5. The molecule has 24 heavy (non-hydrogen) atoms. The van der Waals surface area contributed by atoms with Gasteiger partial charge in [-0.15, -0.1) is 0 Å². The standard InChI is InChI=1S/C18H13ClFNO3/c1-10(24-18(23)16-13(19)6-4-7-14(16)20)17(22)12-9-21-15-8-3-2-5-11(12)15/h2-10,21H,1H3. The number of rotatable bonds is 4. The molecule has 0 aliphatic carbocycles. The van der Waals surface area contributed by atoms with E-state index in [-0.39, 0.29) is 16.4 Å². The molecular formula is C18H13ClFNO3. The number of hydrogen-bond donors (Lipinski definition) is 1. The molecule has 1 atom stereocenters. The summed E-state index contributed by atoms with van der Waals surface area (Å²) in [7, 11) is 0. The molecule has 0 amide bonds. The van der Waals surface area contributed by atoms with Crippen LogP contribution in [-0.4, -0.2) is 22.8 Å². The van der Waals surface area contributed by atoms with Gasteiger partial charge in [-0.25, -0.2) is 9.18 Å². The predicted octanol–water partition coefficient (Wildman–Crippen LogP) is 4.39. The highest BCUT2D eigenvalue weighted by molar-refractivity contribution is 6.33. The first-order valence-electron chi connectivity index (χ1n) is 7.24. The molecule has 0 radical (unpaired) electrons. The van der Waals surface area contributed by atoms with Crippen LogP contribution in [0.2, 0.25) is 5.02 Å². The maximum absolute atomic E-state index is 13.8. The second-order valence-corrected chi connectivity index (χ2v) is 5.66. The lowest BCUT2D eigenvalue weighted by atomic mass is 10.1. The van der Waals surface area contributed by atoms with Gasteiger partial charge in [0.05, 0.1) is 5.02 Å². The van der Waals surface area contributed by atoms with Crippen molar-refractivity contribution in [3.05, 3.63) is 70.6 Å². The van der Waals surface area contributed by atoms with Gasteiger partial charge in [-0.2, -0.15) is 0 Å². The van der Waals surface area contributed by atoms with Crippen molar-refractivity contribution in [2.24, 2.45) is 0 Å². The largest absolute Gasteiger partial charge is 0.451 e. The lowest BCUT2D eigenvalue weighted by molar-refractivity contribution is 0.0315. The summed E-state index contributed by atoms with van der Waals surface area (Å²) < 4.78 is 18.9. The van der Waals surface area contributed by atoms with Crippen molar-refractivity contribution in [2.45, 2.75) is 13.0 Å².